The summed E-state index contributed by atoms with van der Waals surface area (Å²) in [5, 5.41) is 0. The molecule has 0 saturated carbocycles. The van der Waals surface area contributed by atoms with E-state index in [0.29, 0.717) is 6.21 Å². The Bertz CT molecular complexity index is 392. The number of rotatable bonds is 4. The van der Waals surface area contributed by atoms with Crippen LogP contribution in [0.5, 0.6) is 0 Å². The fraction of sp³-hybridized carbons (Fsp3) is 0.0909. The third-order valence-corrected chi connectivity index (χ3v) is 1.59. The van der Waals surface area contributed by atoms with Crippen LogP contribution in [-0.4, -0.2) is 23.6 Å². The Morgan fingerprint density at radius 2 is 2.13 bits per heavy atom. The Morgan fingerprint density at radius 1 is 1.40 bits per heavy atom. The zero-order valence-corrected chi connectivity index (χ0v) is 8.04. The van der Waals surface area contributed by atoms with Crippen molar-refractivity contribution in [3.05, 3.63) is 47.5 Å². The van der Waals surface area contributed by atoms with Crippen LogP contribution in [0.1, 0.15) is 5.56 Å². The summed E-state index contributed by atoms with van der Waals surface area (Å²) in [6.45, 7) is 0.153. The summed E-state index contributed by atoms with van der Waals surface area (Å²) >= 11 is 0. The monoisotopic (exact) mass is 202 g/mol. The fourth-order valence-corrected chi connectivity index (χ4v) is 0.963. The van der Waals surface area contributed by atoms with E-state index in [9.17, 15) is 4.79 Å². The predicted molar refractivity (Wildman–Crippen MR) is 56.1 cm³/mol. The number of ether oxygens (including phenoxy) is 1. The van der Waals surface area contributed by atoms with Crippen molar-refractivity contribution in [1.82, 2.24) is 0 Å². The van der Waals surface area contributed by atoms with E-state index < -0.39 is 5.97 Å². The van der Waals surface area contributed by atoms with E-state index in [-0.39, 0.29) is 6.61 Å². The molecule has 0 atom stereocenters. The molecule has 0 heterocycles. The summed E-state index contributed by atoms with van der Waals surface area (Å²) < 4.78 is 4.67. The fourth-order valence-electron chi connectivity index (χ4n) is 0.963. The van der Waals surface area contributed by atoms with Gasteiger partial charge in [0.1, 0.15) is 6.61 Å². The van der Waals surface area contributed by atoms with Crippen LogP contribution in [0.15, 0.2) is 36.4 Å². The first-order valence-corrected chi connectivity index (χ1v) is 4.38. The minimum Gasteiger partial charge on any atom is -0.453 e. The number of benzene rings is 1. The molecule has 15 heavy (non-hydrogen) atoms. The van der Waals surface area contributed by atoms with E-state index in [1.807, 2.05) is 36.4 Å². The van der Waals surface area contributed by atoms with Gasteiger partial charge in [0.15, 0.2) is 0 Å². The van der Waals surface area contributed by atoms with E-state index in [2.05, 4.69) is 9.53 Å². The highest BCUT2D eigenvalue weighted by Gasteiger charge is 1.99. The van der Waals surface area contributed by atoms with Gasteiger partial charge in [-0.25, -0.2) is 4.79 Å². The molecule has 0 fully saturated rings. The number of hydrogen-bond acceptors (Lipinski definition) is 2. The summed E-state index contributed by atoms with van der Waals surface area (Å²) in [5.41, 5.74) is 9.05. The summed E-state index contributed by atoms with van der Waals surface area (Å²) in [5.74, 6) is -0.671. The Morgan fingerprint density at radius 3 is 2.80 bits per heavy atom. The van der Waals surface area contributed by atoms with Gasteiger partial charge in [-0.15, -0.1) is 0 Å². The van der Waals surface area contributed by atoms with Crippen LogP contribution in [0, 0.1) is 0 Å². The minimum absolute atomic E-state index is 0.153. The molecule has 4 heteroatoms. The Balaban J connectivity index is 2.35. The summed E-state index contributed by atoms with van der Waals surface area (Å²) in [4.78, 5) is 13.2. The smallest absolute Gasteiger partial charge is 0.413 e. The average Bonchev–Trinajstić information content (AvgIpc) is 2.26. The second-order valence-electron chi connectivity index (χ2n) is 2.69. The summed E-state index contributed by atoms with van der Waals surface area (Å²) in [6.07, 6.45) is 4.25. The molecule has 1 rings (SSSR count). The molecule has 0 radical (unpaired) electrons. The van der Waals surface area contributed by atoms with Gasteiger partial charge in [0.25, 0.3) is 0 Å². The summed E-state index contributed by atoms with van der Waals surface area (Å²) in [7, 11) is 0. The molecule has 76 valence electrons. The topological polar surface area (TPSA) is 62.7 Å². The van der Waals surface area contributed by atoms with Crippen LogP contribution >= 0.6 is 0 Å². The largest absolute Gasteiger partial charge is 0.453 e. The first-order chi connectivity index (χ1) is 7.33. The van der Waals surface area contributed by atoms with Crippen molar-refractivity contribution in [3.8, 4) is 0 Å². The van der Waals surface area contributed by atoms with E-state index in [0.717, 1.165) is 5.56 Å². The highest BCUT2D eigenvalue weighted by Crippen LogP contribution is 2.00. The third kappa shape index (κ3) is 4.55. The van der Waals surface area contributed by atoms with Gasteiger partial charge >= 0.3 is 12.2 Å². The molecular weight excluding hydrogens is 192 g/mol. The van der Waals surface area contributed by atoms with Crippen LogP contribution in [0.3, 0.4) is 0 Å². The van der Waals surface area contributed by atoms with Gasteiger partial charge in [-0.1, -0.05) is 36.4 Å². The van der Waals surface area contributed by atoms with Gasteiger partial charge in [0.05, 0.1) is 0 Å². The SMILES string of the molecule is [N-]=[N+]=CC(=O)OC/C=C\c1ccccc1. The number of hydrogen-bond donors (Lipinski definition) is 0. The van der Waals surface area contributed by atoms with Crippen molar-refractivity contribution in [2.45, 2.75) is 0 Å². The van der Waals surface area contributed by atoms with Gasteiger partial charge in [0, 0.05) is 0 Å². The van der Waals surface area contributed by atoms with Crippen LogP contribution in [-0.2, 0) is 9.53 Å². The van der Waals surface area contributed by atoms with Crippen molar-refractivity contribution in [1.29, 1.82) is 0 Å². The molecule has 0 aromatic heterocycles. The number of nitrogens with zero attached hydrogens (tertiary/aromatic N) is 2. The van der Waals surface area contributed by atoms with E-state index in [1.165, 1.54) is 0 Å². The van der Waals surface area contributed by atoms with Crippen molar-refractivity contribution in [2.24, 2.45) is 0 Å². The normalized spacial score (nSPS) is 9.60. The molecule has 0 spiro atoms. The molecule has 0 bridgehead atoms. The molecule has 0 aliphatic heterocycles. The molecule has 4 nitrogen and oxygen atoms in total. The lowest BCUT2D eigenvalue weighted by atomic mass is 10.2. The Hall–Kier alpha value is -2.19. The van der Waals surface area contributed by atoms with Crippen molar-refractivity contribution in [3.63, 3.8) is 0 Å². The van der Waals surface area contributed by atoms with Gasteiger partial charge in [-0.3, -0.25) is 0 Å². The van der Waals surface area contributed by atoms with Gasteiger partial charge in [0.2, 0.25) is 0 Å². The molecule has 0 unspecified atom stereocenters. The van der Waals surface area contributed by atoms with Gasteiger partial charge in [-0.2, -0.15) is 4.79 Å². The molecule has 0 aliphatic rings. The highest BCUT2D eigenvalue weighted by molar-refractivity contribution is 6.20. The zero-order valence-electron chi connectivity index (χ0n) is 8.04. The van der Waals surface area contributed by atoms with Crippen molar-refractivity contribution < 1.29 is 14.3 Å². The summed E-state index contributed by atoms with van der Waals surface area (Å²) in [6, 6.07) is 9.64. The Labute approximate surface area is 87.4 Å². The van der Waals surface area contributed by atoms with Crippen LogP contribution in [0.4, 0.5) is 0 Å². The Kier molecular flexibility index (Phi) is 4.57. The maximum Gasteiger partial charge on any atom is 0.413 e. The van der Waals surface area contributed by atoms with Crippen molar-refractivity contribution in [2.75, 3.05) is 6.61 Å². The standard InChI is InChI=1S/C11H10N2O2/c12-13-9-11(14)15-8-4-7-10-5-2-1-3-6-10/h1-7,9H,8H2/b7-4-. The molecule has 1 aromatic rings. The molecule has 0 aliphatic carbocycles. The van der Waals surface area contributed by atoms with Crippen molar-refractivity contribution >= 4 is 18.3 Å². The maximum absolute atomic E-state index is 10.7. The zero-order chi connectivity index (χ0) is 10.9. The second-order valence-corrected chi connectivity index (χ2v) is 2.69. The molecule has 0 N–H and O–H groups in total. The van der Waals surface area contributed by atoms with Crippen LogP contribution < -0.4 is 0 Å². The lowest BCUT2D eigenvalue weighted by Crippen LogP contribution is -2.05. The number of carbonyl (C=O) groups is 1. The maximum atomic E-state index is 10.7. The van der Waals surface area contributed by atoms with Crippen LogP contribution in [0.25, 0.3) is 11.6 Å². The second kappa shape index (κ2) is 6.29. The molecule has 1 aromatic carbocycles. The average molecular weight is 202 g/mol. The number of esters is 1. The predicted octanol–water partition coefficient (Wildman–Crippen LogP) is 1.54. The van der Waals surface area contributed by atoms with Gasteiger partial charge in [-0.05, 0) is 11.6 Å². The first-order valence-electron chi connectivity index (χ1n) is 4.38. The van der Waals surface area contributed by atoms with Crippen LogP contribution in [0.2, 0.25) is 0 Å². The van der Waals surface area contributed by atoms with E-state index in [4.69, 9.17) is 5.53 Å². The first kappa shape index (κ1) is 10.9. The quantitative estimate of drug-likeness (QED) is 0.322. The lowest BCUT2D eigenvalue weighted by Gasteiger charge is -1.93. The van der Waals surface area contributed by atoms with E-state index in [1.54, 1.807) is 6.08 Å². The van der Waals surface area contributed by atoms with Gasteiger partial charge < -0.3 is 10.3 Å². The number of carbonyl (C=O) groups excluding carboxylic acids is 1. The highest BCUT2D eigenvalue weighted by atomic mass is 16.5. The minimum atomic E-state index is -0.671. The molecule has 0 amide bonds. The molecule has 0 saturated heterocycles. The lowest BCUT2D eigenvalue weighted by molar-refractivity contribution is -0.137. The van der Waals surface area contributed by atoms with E-state index >= 15 is 0 Å². The molecular formula is C11H10N2O2. The third-order valence-electron chi connectivity index (χ3n) is 1.59.